The van der Waals surface area contributed by atoms with Gasteiger partial charge in [-0.3, -0.25) is 0 Å². The highest BCUT2D eigenvalue weighted by Crippen LogP contribution is 2.25. The highest BCUT2D eigenvalue weighted by atomic mass is 19.2. The molecule has 4 heteroatoms. The summed E-state index contributed by atoms with van der Waals surface area (Å²) in [6, 6.07) is 12.8. The summed E-state index contributed by atoms with van der Waals surface area (Å²) < 4.78 is 26.9. The van der Waals surface area contributed by atoms with E-state index in [9.17, 15) is 8.78 Å². The van der Waals surface area contributed by atoms with Crippen LogP contribution in [0.15, 0.2) is 42.5 Å². The van der Waals surface area contributed by atoms with Crippen molar-refractivity contribution in [2.75, 3.05) is 24.5 Å². The minimum absolute atomic E-state index is 0.578. The van der Waals surface area contributed by atoms with Gasteiger partial charge < -0.3 is 10.2 Å². The van der Waals surface area contributed by atoms with E-state index in [1.165, 1.54) is 17.7 Å². The molecule has 0 aliphatic carbocycles. The monoisotopic (exact) mass is 288 g/mol. The first-order valence-corrected chi connectivity index (χ1v) is 7.21. The summed E-state index contributed by atoms with van der Waals surface area (Å²) in [5.41, 5.74) is 2.87. The van der Waals surface area contributed by atoms with E-state index in [-0.39, 0.29) is 0 Å². The Morgan fingerprint density at radius 2 is 1.81 bits per heavy atom. The Labute approximate surface area is 123 Å². The number of rotatable bonds is 3. The Balaban J connectivity index is 1.81. The van der Waals surface area contributed by atoms with Crippen molar-refractivity contribution in [2.24, 2.45) is 0 Å². The zero-order valence-corrected chi connectivity index (χ0v) is 11.8. The first kappa shape index (κ1) is 14.0. The zero-order valence-electron chi connectivity index (χ0n) is 11.8. The van der Waals surface area contributed by atoms with E-state index in [1.807, 2.05) is 18.2 Å². The Morgan fingerprint density at radius 3 is 2.62 bits per heavy atom. The molecule has 3 rings (SSSR count). The van der Waals surface area contributed by atoms with Crippen LogP contribution in [-0.2, 0) is 13.0 Å². The number of benzene rings is 2. The molecule has 0 atom stereocenters. The molecule has 0 bridgehead atoms. The average molecular weight is 288 g/mol. The predicted octanol–water partition coefficient (Wildman–Crippen LogP) is 3.12. The maximum atomic E-state index is 13.6. The second-order valence-corrected chi connectivity index (χ2v) is 5.29. The molecule has 2 nitrogen and oxygen atoms in total. The van der Waals surface area contributed by atoms with Crippen LogP contribution in [0.1, 0.15) is 11.1 Å². The third-order valence-corrected chi connectivity index (χ3v) is 3.85. The summed E-state index contributed by atoms with van der Waals surface area (Å²) >= 11 is 0. The van der Waals surface area contributed by atoms with Crippen LogP contribution in [0.5, 0.6) is 0 Å². The smallest absolute Gasteiger partial charge is 0.160 e. The summed E-state index contributed by atoms with van der Waals surface area (Å²) in [6.07, 6.45) is 0.888. The fourth-order valence-corrected chi connectivity index (χ4v) is 2.71. The quantitative estimate of drug-likeness (QED) is 0.933. The number of hydrogen-bond acceptors (Lipinski definition) is 2. The van der Waals surface area contributed by atoms with Crippen molar-refractivity contribution in [1.82, 2.24) is 5.32 Å². The van der Waals surface area contributed by atoms with Crippen LogP contribution in [0, 0.1) is 11.6 Å². The predicted molar refractivity (Wildman–Crippen MR) is 80.4 cm³/mol. The normalized spacial score (nSPS) is 14.7. The third kappa shape index (κ3) is 3.22. The second-order valence-electron chi connectivity index (χ2n) is 5.29. The van der Waals surface area contributed by atoms with Crippen molar-refractivity contribution in [3.05, 3.63) is 65.2 Å². The maximum Gasteiger partial charge on any atom is 0.160 e. The molecule has 0 spiro atoms. The molecule has 0 saturated heterocycles. The summed E-state index contributed by atoms with van der Waals surface area (Å²) in [5.74, 6) is -1.55. The van der Waals surface area contributed by atoms with E-state index in [4.69, 9.17) is 0 Å². The fraction of sp³-hybridized carbons (Fsp3) is 0.294. The van der Waals surface area contributed by atoms with E-state index in [0.29, 0.717) is 6.54 Å². The molecule has 110 valence electrons. The summed E-state index contributed by atoms with van der Waals surface area (Å²) in [5, 5.41) is 3.25. The molecular formula is C17H18F2N2. The minimum Gasteiger partial charge on any atom is -0.370 e. The Morgan fingerprint density at radius 1 is 1.05 bits per heavy atom. The Kier molecular flexibility index (Phi) is 4.15. The van der Waals surface area contributed by atoms with Crippen molar-refractivity contribution in [3.8, 4) is 0 Å². The molecule has 1 heterocycles. The molecule has 2 aromatic carbocycles. The van der Waals surface area contributed by atoms with Gasteiger partial charge >= 0.3 is 0 Å². The first-order chi connectivity index (χ1) is 10.2. The van der Waals surface area contributed by atoms with Gasteiger partial charge in [-0.15, -0.1) is 0 Å². The van der Waals surface area contributed by atoms with Crippen LogP contribution in [0.3, 0.4) is 0 Å². The van der Waals surface area contributed by atoms with Crippen LogP contribution in [0.25, 0.3) is 0 Å². The van der Waals surface area contributed by atoms with Crippen LogP contribution < -0.4 is 10.2 Å². The zero-order chi connectivity index (χ0) is 14.7. The lowest BCUT2D eigenvalue weighted by Gasteiger charge is -2.24. The SMILES string of the molecule is Fc1cc2c(cc1F)N(CCc1ccccc1)CCNC2. The number of fused-ring (bicyclic) bond motifs is 1. The van der Waals surface area contributed by atoms with Crippen molar-refractivity contribution < 1.29 is 8.78 Å². The van der Waals surface area contributed by atoms with Crippen molar-refractivity contribution in [3.63, 3.8) is 0 Å². The van der Waals surface area contributed by atoms with Gasteiger partial charge in [0.1, 0.15) is 0 Å². The average Bonchev–Trinajstić information content (AvgIpc) is 2.69. The third-order valence-electron chi connectivity index (χ3n) is 3.85. The van der Waals surface area contributed by atoms with E-state index in [2.05, 4.69) is 22.3 Å². The highest BCUT2D eigenvalue weighted by Gasteiger charge is 2.18. The van der Waals surface area contributed by atoms with E-state index >= 15 is 0 Å². The topological polar surface area (TPSA) is 15.3 Å². The van der Waals surface area contributed by atoms with Crippen LogP contribution in [-0.4, -0.2) is 19.6 Å². The van der Waals surface area contributed by atoms with E-state index in [0.717, 1.165) is 37.3 Å². The molecule has 0 radical (unpaired) electrons. The lowest BCUT2D eigenvalue weighted by molar-refractivity contribution is 0.506. The minimum atomic E-state index is -0.777. The van der Waals surface area contributed by atoms with Gasteiger partial charge in [0.05, 0.1) is 0 Å². The number of nitrogens with zero attached hydrogens (tertiary/aromatic N) is 1. The van der Waals surface area contributed by atoms with Crippen LogP contribution in [0.4, 0.5) is 14.5 Å². The number of nitrogens with one attached hydrogen (secondary N) is 1. The van der Waals surface area contributed by atoms with Gasteiger partial charge in [-0.1, -0.05) is 30.3 Å². The number of halogens is 2. The molecule has 2 aromatic rings. The van der Waals surface area contributed by atoms with Crippen LogP contribution in [0.2, 0.25) is 0 Å². The summed E-state index contributed by atoms with van der Waals surface area (Å²) in [7, 11) is 0. The van der Waals surface area contributed by atoms with Crippen molar-refractivity contribution >= 4 is 5.69 Å². The second kappa shape index (κ2) is 6.22. The molecule has 21 heavy (non-hydrogen) atoms. The Bertz CT molecular complexity index is 614. The van der Waals surface area contributed by atoms with Crippen LogP contribution >= 0.6 is 0 Å². The van der Waals surface area contributed by atoms with E-state index in [1.54, 1.807) is 0 Å². The van der Waals surface area contributed by atoms with Crippen molar-refractivity contribution in [2.45, 2.75) is 13.0 Å². The molecule has 0 aromatic heterocycles. The molecule has 0 unspecified atom stereocenters. The standard InChI is InChI=1S/C17H18F2N2/c18-15-10-14-12-20-7-9-21(17(14)11-16(15)19)8-6-13-4-2-1-3-5-13/h1-5,10-11,20H,6-9,12H2. The van der Waals surface area contributed by atoms with Gasteiger partial charge in [0.15, 0.2) is 11.6 Å². The molecular weight excluding hydrogens is 270 g/mol. The lowest BCUT2D eigenvalue weighted by Crippen LogP contribution is -2.30. The van der Waals surface area contributed by atoms with Crippen molar-refractivity contribution in [1.29, 1.82) is 0 Å². The highest BCUT2D eigenvalue weighted by molar-refractivity contribution is 5.55. The Hall–Kier alpha value is -1.94. The molecule has 0 fully saturated rings. The van der Waals surface area contributed by atoms with Gasteiger partial charge in [0.2, 0.25) is 0 Å². The summed E-state index contributed by atoms with van der Waals surface area (Å²) in [6.45, 7) is 2.98. The maximum absolute atomic E-state index is 13.6. The molecule has 1 aliphatic rings. The van der Waals surface area contributed by atoms with Gasteiger partial charge in [-0.2, -0.15) is 0 Å². The largest absolute Gasteiger partial charge is 0.370 e. The molecule has 0 saturated carbocycles. The van der Waals surface area contributed by atoms with Gasteiger partial charge in [-0.05, 0) is 23.6 Å². The first-order valence-electron chi connectivity index (χ1n) is 7.21. The van der Waals surface area contributed by atoms with Gasteiger partial charge in [0.25, 0.3) is 0 Å². The van der Waals surface area contributed by atoms with Gasteiger partial charge in [-0.25, -0.2) is 8.78 Å². The lowest BCUT2D eigenvalue weighted by atomic mass is 10.1. The van der Waals surface area contributed by atoms with E-state index < -0.39 is 11.6 Å². The summed E-state index contributed by atoms with van der Waals surface area (Å²) in [4.78, 5) is 2.13. The molecule has 0 amide bonds. The van der Waals surface area contributed by atoms with Gasteiger partial charge in [0, 0.05) is 37.9 Å². The fourth-order valence-electron chi connectivity index (χ4n) is 2.71. The number of anilines is 1. The molecule has 1 aliphatic heterocycles. The number of hydrogen-bond donors (Lipinski definition) is 1. The molecule has 1 N–H and O–H groups in total.